The van der Waals surface area contributed by atoms with Gasteiger partial charge in [0, 0.05) is 30.2 Å². The predicted molar refractivity (Wildman–Crippen MR) is 159 cm³/mol. The molecule has 3 aromatic rings. The van der Waals surface area contributed by atoms with Crippen LogP contribution in [0.25, 0.3) is 22.4 Å². The van der Waals surface area contributed by atoms with Crippen molar-refractivity contribution in [2.24, 2.45) is 16.6 Å². The lowest BCUT2D eigenvalue weighted by atomic mass is 10.0. The third-order valence-corrected chi connectivity index (χ3v) is 7.73. The molecule has 0 aliphatic carbocycles. The maximum atomic E-state index is 14.0. The first-order valence-electron chi connectivity index (χ1n) is 14.6. The molecule has 2 atom stereocenters. The van der Waals surface area contributed by atoms with E-state index in [4.69, 9.17) is 20.9 Å². The summed E-state index contributed by atoms with van der Waals surface area (Å²) in [6.07, 6.45) is -1.38. The SMILES string of the molecule is CCCC(N)=N[C@H](C(=O)N1CC2(C[C@H]1c1ncc(-c3ccc(-c4ccc(N)cc4OC(F)(F)F)cc3)[nH]1)OCCO2)C(C)C. The van der Waals surface area contributed by atoms with Gasteiger partial charge in [0.2, 0.25) is 5.91 Å². The Balaban J connectivity index is 1.41. The Morgan fingerprint density at radius 2 is 1.86 bits per heavy atom. The van der Waals surface area contributed by atoms with Crippen LogP contribution in [0.2, 0.25) is 0 Å². The first kappa shape index (κ1) is 31.3. The minimum absolute atomic E-state index is 0.0886. The topological polar surface area (TPSA) is 141 Å². The van der Waals surface area contributed by atoms with Gasteiger partial charge in [-0.05, 0) is 35.6 Å². The van der Waals surface area contributed by atoms with Gasteiger partial charge in [-0.3, -0.25) is 9.79 Å². The summed E-state index contributed by atoms with van der Waals surface area (Å²) in [6, 6.07) is 9.93. The lowest BCUT2D eigenvalue weighted by Crippen LogP contribution is -2.44. The summed E-state index contributed by atoms with van der Waals surface area (Å²) in [6.45, 7) is 6.98. The number of nitrogens with one attached hydrogen (secondary N) is 1. The number of nitrogen functional groups attached to an aromatic ring is 1. The van der Waals surface area contributed by atoms with Crippen LogP contribution in [0.15, 0.2) is 53.7 Å². The van der Waals surface area contributed by atoms with Gasteiger partial charge in [0.25, 0.3) is 0 Å². The van der Waals surface area contributed by atoms with Gasteiger partial charge >= 0.3 is 6.36 Å². The number of aliphatic imine (C=N–C) groups is 1. The van der Waals surface area contributed by atoms with Crippen LogP contribution in [0.3, 0.4) is 0 Å². The number of ether oxygens (including phenoxy) is 3. The Labute approximate surface area is 253 Å². The number of halogens is 3. The van der Waals surface area contributed by atoms with Gasteiger partial charge in [-0.15, -0.1) is 13.2 Å². The number of anilines is 1. The average molecular weight is 615 g/mol. The largest absolute Gasteiger partial charge is 0.573 e. The van der Waals surface area contributed by atoms with Gasteiger partial charge in [-0.1, -0.05) is 45.0 Å². The van der Waals surface area contributed by atoms with E-state index in [0.717, 1.165) is 18.1 Å². The number of nitrogens with zero attached hydrogens (tertiary/aromatic N) is 3. The fraction of sp³-hybridized carbons (Fsp3) is 0.452. The highest BCUT2D eigenvalue weighted by Gasteiger charge is 2.52. The van der Waals surface area contributed by atoms with E-state index in [-0.39, 0.29) is 35.4 Å². The van der Waals surface area contributed by atoms with Crippen molar-refractivity contribution in [3.8, 4) is 28.1 Å². The highest BCUT2D eigenvalue weighted by Crippen LogP contribution is 2.43. The number of likely N-dealkylation sites (tertiary alicyclic amines) is 1. The number of imidazole rings is 1. The molecule has 5 rings (SSSR count). The van der Waals surface area contributed by atoms with E-state index in [1.807, 2.05) is 20.8 Å². The number of rotatable bonds is 9. The number of carbonyl (C=O) groups is 1. The van der Waals surface area contributed by atoms with Crippen LogP contribution in [0.5, 0.6) is 5.75 Å². The maximum absolute atomic E-state index is 14.0. The van der Waals surface area contributed by atoms with Crippen molar-refractivity contribution >= 4 is 17.4 Å². The van der Waals surface area contributed by atoms with E-state index in [0.29, 0.717) is 49.0 Å². The minimum Gasteiger partial charge on any atom is -0.405 e. The average Bonchev–Trinajstić information content (AvgIpc) is 3.71. The Hall–Kier alpha value is -4.10. The number of amides is 1. The molecule has 13 heteroatoms. The molecule has 0 saturated carbocycles. The molecular weight excluding hydrogens is 577 g/mol. The quantitative estimate of drug-likeness (QED) is 0.166. The van der Waals surface area contributed by atoms with Crippen molar-refractivity contribution in [2.75, 3.05) is 25.5 Å². The van der Waals surface area contributed by atoms with Crippen LogP contribution in [-0.2, 0) is 14.3 Å². The number of aromatic amines is 1. The van der Waals surface area contributed by atoms with Crippen molar-refractivity contribution in [2.45, 2.75) is 64.3 Å². The summed E-state index contributed by atoms with van der Waals surface area (Å²) < 4.78 is 55.2. The maximum Gasteiger partial charge on any atom is 0.573 e. The number of amidine groups is 1. The van der Waals surface area contributed by atoms with Gasteiger partial charge < -0.3 is 35.6 Å². The number of alkyl halides is 3. The predicted octanol–water partition coefficient (Wildman–Crippen LogP) is 5.42. The molecule has 236 valence electrons. The van der Waals surface area contributed by atoms with Gasteiger partial charge in [0.05, 0.1) is 43.5 Å². The molecule has 3 heterocycles. The number of carbonyl (C=O) groups excluding carboxylic acids is 1. The zero-order valence-corrected chi connectivity index (χ0v) is 24.9. The number of H-pyrrole nitrogens is 1. The van der Waals surface area contributed by atoms with Crippen LogP contribution in [0.4, 0.5) is 18.9 Å². The second-order valence-corrected chi connectivity index (χ2v) is 11.4. The molecule has 0 radical (unpaired) electrons. The third kappa shape index (κ3) is 6.83. The number of benzene rings is 2. The first-order valence-corrected chi connectivity index (χ1v) is 14.6. The third-order valence-electron chi connectivity index (χ3n) is 7.73. The van der Waals surface area contributed by atoms with Crippen molar-refractivity contribution in [3.05, 3.63) is 54.5 Å². The molecule has 1 amide bonds. The highest BCUT2D eigenvalue weighted by atomic mass is 19.4. The standard InChI is InChI=1S/C31H37F3N6O4/c1-4-5-26(36)39-27(18(2)3)29(41)40-17-30(42-12-13-43-30)15-24(40)28-37-16-23(38-28)20-8-6-19(7-9-20)22-11-10-21(35)14-25(22)44-31(32,33)34/h6-11,14,16,18,24,27H,4-5,12-13,15,17,35H2,1-3H3,(H2,36,39)(H,37,38)/t24-,27-/m0/s1. The molecule has 2 aliphatic heterocycles. The van der Waals surface area contributed by atoms with E-state index < -0.39 is 24.2 Å². The molecule has 0 unspecified atom stereocenters. The van der Waals surface area contributed by atoms with Gasteiger partial charge in [0.15, 0.2) is 5.79 Å². The molecule has 2 aromatic carbocycles. The molecule has 2 fully saturated rings. The van der Waals surface area contributed by atoms with Crippen molar-refractivity contribution in [1.29, 1.82) is 0 Å². The minimum atomic E-state index is -4.86. The Morgan fingerprint density at radius 1 is 1.18 bits per heavy atom. The van der Waals surface area contributed by atoms with E-state index in [2.05, 4.69) is 19.7 Å². The molecule has 2 aliphatic rings. The van der Waals surface area contributed by atoms with Crippen LogP contribution in [-0.4, -0.2) is 64.6 Å². The molecule has 2 saturated heterocycles. The lowest BCUT2D eigenvalue weighted by Gasteiger charge is -2.28. The van der Waals surface area contributed by atoms with Crippen LogP contribution in [0, 0.1) is 5.92 Å². The van der Waals surface area contributed by atoms with Gasteiger partial charge in [-0.2, -0.15) is 0 Å². The second kappa shape index (κ2) is 12.5. The molecule has 44 heavy (non-hydrogen) atoms. The van der Waals surface area contributed by atoms with E-state index in [1.165, 1.54) is 12.1 Å². The summed E-state index contributed by atoms with van der Waals surface area (Å²) in [4.78, 5) is 28.2. The van der Waals surface area contributed by atoms with E-state index in [9.17, 15) is 18.0 Å². The van der Waals surface area contributed by atoms with Crippen LogP contribution in [0.1, 0.15) is 51.9 Å². The number of hydrogen-bond acceptors (Lipinski definition) is 7. The summed E-state index contributed by atoms with van der Waals surface area (Å²) in [7, 11) is 0. The molecule has 1 aromatic heterocycles. The van der Waals surface area contributed by atoms with Crippen molar-refractivity contribution in [1.82, 2.24) is 14.9 Å². The first-order chi connectivity index (χ1) is 20.9. The number of aromatic nitrogens is 2. The van der Waals surface area contributed by atoms with E-state index >= 15 is 0 Å². The van der Waals surface area contributed by atoms with Crippen LogP contribution < -0.4 is 16.2 Å². The molecule has 1 spiro atoms. The fourth-order valence-corrected chi connectivity index (χ4v) is 5.65. The number of nitrogens with two attached hydrogens (primary N) is 2. The Bertz CT molecular complexity index is 1500. The van der Waals surface area contributed by atoms with E-state index in [1.54, 1.807) is 35.4 Å². The summed E-state index contributed by atoms with van der Waals surface area (Å²) in [5, 5.41) is 0. The smallest absolute Gasteiger partial charge is 0.405 e. The number of hydrogen-bond donors (Lipinski definition) is 3. The van der Waals surface area contributed by atoms with Crippen LogP contribution >= 0.6 is 0 Å². The molecule has 0 bridgehead atoms. The molecule has 5 N–H and O–H groups in total. The molecule has 10 nitrogen and oxygen atoms in total. The monoisotopic (exact) mass is 614 g/mol. The summed E-state index contributed by atoms with van der Waals surface area (Å²) in [5.41, 5.74) is 14.2. The fourth-order valence-electron chi connectivity index (χ4n) is 5.65. The zero-order chi connectivity index (χ0) is 31.6. The summed E-state index contributed by atoms with van der Waals surface area (Å²) >= 11 is 0. The normalized spacial score (nSPS) is 19.2. The molecular formula is C31H37F3N6O4. The summed E-state index contributed by atoms with van der Waals surface area (Å²) in [5.74, 6) is -0.577. The lowest BCUT2D eigenvalue weighted by molar-refractivity contribution is -0.274. The van der Waals surface area contributed by atoms with Crippen molar-refractivity contribution in [3.63, 3.8) is 0 Å². The Morgan fingerprint density at radius 3 is 2.50 bits per heavy atom. The van der Waals surface area contributed by atoms with Gasteiger partial charge in [-0.25, -0.2) is 4.98 Å². The Kier molecular flexibility index (Phi) is 8.89. The van der Waals surface area contributed by atoms with Gasteiger partial charge in [0.1, 0.15) is 17.6 Å². The zero-order valence-electron chi connectivity index (χ0n) is 24.9. The second-order valence-electron chi connectivity index (χ2n) is 11.4. The highest BCUT2D eigenvalue weighted by molar-refractivity contribution is 5.88. The van der Waals surface area contributed by atoms with Crippen molar-refractivity contribution < 1.29 is 32.2 Å².